The van der Waals surface area contributed by atoms with Crippen LogP contribution in [0.3, 0.4) is 0 Å². The SMILES string of the molecule is CCNCCCCOC1=CCC=C(C(=N)N)C=C1. The average Bonchev–Trinajstić information content (AvgIpc) is 2.59. The van der Waals surface area contributed by atoms with E-state index in [1.807, 2.05) is 24.3 Å². The van der Waals surface area contributed by atoms with Crippen LogP contribution in [0.1, 0.15) is 26.2 Å². The summed E-state index contributed by atoms with van der Waals surface area (Å²) in [4.78, 5) is 0. The van der Waals surface area contributed by atoms with Crippen LogP contribution in [0.15, 0.2) is 35.6 Å². The average molecular weight is 249 g/mol. The van der Waals surface area contributed by atoms with Crippen molar-refractivity contribution in [3.05, 3.63) is 35.6 Å². The van der Waals surface area contributed by atoms with Crippen molar-refractivity contribution in [3.63, 3.8) is 0 Å². The van der Waals surface area contributed by atoms with E-state index in [-0.39, 0.29) is 5.84 Å². The number of ether oxygens (including phenoxy) is 1. The van der Waals surface area contributed by atoms with Gasteiger partial charge in [0, 0.05) is 5.57 Å². The fraction of sp³-hybridized carbons (Fsp3) is 0.500. The van der Waals surface area contributed by atoms with Crippen LogP contribution in [0.4, 0.5) is 0 Å². The summed E-state index contributed by atoms with van der Waals surface area (Å²) in [5.74, 6) is 0.970. The molecule has 4 nitrogen and oxygen atoms in total. The molecule has 4 heteroatoms. The molecule has 100 valence electrons. The van der Waals surface area contributed by atoms with Gasteiger partial charge in [0.15, 0.2) is 0 Å². The highest BCUT2D eigenvalue weighted by atomic mass is 16.5. The Labute approximate surface area is 109 Å². The van der Waals surface area contributed by atoms with Gasteiger partial charge in [-0.25, -0.2) is 0 Å². The van der Waals surface area contributed by atoms with Crippen LogP contribution in [-0.2, 0) is 4.74 Å². The number of rotatable bonds is 8. The molecular formula is C14H23N3O. The van der Waals surface area contributed by atoms with Crippen LogP contribution < -0.4 is 11.1 Å². The Bertz CT molecular complexity index is 356. The zero-order valence-electron chi connectivity index (χ0n) is 11.0. The summed E-state index contributed by atoms with van der Waals surface area (Å²) in [6, 6.07) is 0. The van der Waals surface area contributed by atoms with E-state index in [9.17, 15) is 0 Å². The van der Waals surface area contributed by atoms with E-state index in [0.29, 0.717) is 0 Å². The molecular weight excluding hydrogens is 226 g/mol. The van der Waals surface area contributed by atoms with E-state index in [2.05, 4.69) is 12.2 Å². The van der Waals surface area contributed by atoms with Gasteiger partial charge in [-0.15, -0.1) is 0 Å². The van der Waals surface area contributed by atoms with Crippen molar-refractivity contribution in [2.45, 2.75) is 26.2 Å². The molecule has 0 spiro atoms. The fourth-order valence-corrected chi connectivity index (χ4v) is 1.64. The third-order valence-corrected chi connectivity index (χ3v) is 2.66. The molecule has 0 unspecified atom stereocenters. The van der Waals surface area contributed by atoms with Crippen LogP contribution >= 0.6 is 0 Å². The Morgan fingerprint density at radius 2 is 2.22 bits per heavy atom. The van der Waals surface area contributed by atoms with Crippen molar-refractivity contribution in [1.82, 2.24) is 5.32 Å². The van der Waals surface area contributed by atoms with Gasteiger partial charge < -0.3 is 15.8 Å². The molecule has 0 fully saturated rings. The normalized spacial score (nSPS) is 14.7. The molecule has 0 radical (unpaired) electrons. The molecule has 0 aromatic rings. The summed E-state index contributed by atoms with van der Waals surface area (Å²) in [7, 11) is 0. The van der Waals surface area contributed by atoms with Crippen LogP contribution in [0, 0.1) is 5.41 Å². The highest BCUT2D eigenvalue weighted by Gasteiger charge is 2.01. The Morgan fingerprint density at radius 1 is 1.39 bits per heavy atom. The maximum Gasteiger partial charge on any atom is 0.122 e. The number of allylic oxidation sites excluding steroid dienone is 3. The molecule has 0 heterocycles. The molecule has 0 saturated heterocycles. The third-order valence-electron chi connectivity index (χ3n) is 2.66. The third kappa shape index (κ3) is 5.68. The van der Waals surface area contributed by atoms with Crippen molar-refractivity contribution in [3.8, 4) is 0 Å². The monoisotopic (exact) mass is 249 g/mol. The highest BCUT2D eigenvalue weighted by molar-refractivity contribution is 5.97. The Morgan fingerprint density at radius 3 is 2.94 bits per heavy atom. The first-order chi connectivity index (χ1) is 8.74. The molecule has 1 aliphatic rings. The zero-order valence-corrected chi connectivity index (χ0v) is 11.0. The molecule has 0 atom stereocenters. The van der Waals surface area contributed by atoms with Gasteiger partial charge in [0.25, 0.3) is 0 Å². The van der Waals surface area contributed by atoms with Crippen LogP contribution in [0.2, 0.25) is 0 Å². The molecule has 0 aromatic carbocycles. The highest BCUT2D eigenvalue weighted by Crippen LogP contribution is 2.11. The van der Waals surface area contributed by atoms with E-state index < -0.39 is 0 Å². The summed E-state index contributed by atoms with van der Waals surface area (Å²) >= 11 is 0. The lowest BCUT2D eigenvalue weighted by molar-refractivity contribution is 0.217. The lowest BCUT2D eigenvalue weighted by Gasteiger charge is -2.06. The summed E-state index contributed by atoms with van der Waals surface area (Å²) in [6.45, 7) is 4.91. The molecule has 0 aromatic heterocycles. The van der Waals surface area contributed by atoms with E-state index in [1.165, 1.54) is 0 Å². The largest absolute Gasteiger partial charge is 0.494 e. The van der Waals surface area contributed by atoms with E-state index in [0.717, 1.165) is 50.3 Å². The van der Waals surface area contributed by atoms with Crippen molar-refractivity contribution in [2.24, 2.45) is 5.73 Å². The number of amidine groups is 1. The second kappa shape index (κ2) is 8.53. The van der Waals surface area contributed by atoms with E-state index >= 15 is 0 Å². The Kier molecular flexibility index (Phi) is 6.87. The molecule has 18 heavy (non-hydrogen) atoms. The molecule has 4 N–H and O–H groups in total. The molecule has 1 rings (SSSR count). The predicted octanol–water partition coefficient (Wildman–Crippen LogP) is 2.10. The van der Waals surface area contributed by atoms with Gasteiger partial charge in [-0.05, 0) is 50.6 Å². The quantitative estimate of drug-likeness (QED) is 0.350. The minimum absolute atomic E-state index is 0.103. The second-order valence-corrected chi connectivity index (χ2v) is 4.16. The van der Waals surface area contributed by atoms with E-state index in [1.54, 1.807) is 0 Å². The maximum absolute atomic E-state index is 7.37. The smallest absolute Gasteiger partial charge is 0.122 e. The zero-order chi connectivity index (χ0) is 13.2. The number of hydrogen-bond acceptors (Lipinski definition) is 3. The molecule has 0 saturated carbocycles. The fourth-order valence-electron chi connectivity index (χ4n) is 1.64. The number of unbranched alkanes of at least 4 members (excludes halogenated alkanes) is 1. The van der Waals surface area contributed by atoms with Crippen molar-refractivity contribution in [2.75, 3.05) is 19.7 Å². The minimum atomic E-state index is 0.103. The summed E-state index contributed by atoms with van der Waals surface area (Å²) in [6.07, 6.45) is 10.6. The number of nitrogens with one attached hydrogen (secondary N) is 2. The molecule has 0 bridgehead atoms. The summed E-state index contributed by atoms with van der Waals surface area (Å²) in [5, 5.41) is 10.7. The van der Waals surface area contributed by atoms with Gasteiger partial charge in [0.2, 0.25) is 0 Å². The number of nitrogens with two attached hydrogens (primary N) is 1. The predicted molar refractivity (Wildman–Crippen MR) is 75.6 cm³/mol. The topological polar surface area (TPSA) is 71.1 Å². The van der Waals surface area contributed by atoms with Gasteiger partial charge in [-0.2, -0.15) is 0 Å². The lowest BCUT2D eigenvalue weighted by Crippen LogP contribution is -2.14. The standard InChI is InChI=1S/C14H23N3O/c1-2-17-10-3-4-11-18-13-7-5-6-12(8-9-13)14(15)16/h6-9,17H,2-5,10-11H2,1H3,(H3,15,16). The van der Waals surface area contributed by atoms with Crippen LogP contribution in [0.25, 0.3) is 0 Å². The van der Waals surface area contributed by atoms with Crippen LogP contribution in [0.5, 0.6) is 0 Å². The van der Waals surface area contributed by atoms with Crippen molar-refractivity contribution < 1.29 is 4.74 Å². The van der Waals surface area contributed by atoms with Gasteiger partial charge >= 0.3 is 0 Å². The maximum atomic E-state index is 7.37. The first-order valence-electron chi connectivity index (χ1n) is 6.50. The van der Waals surface area contributed by atoms with Crippen molar-refractivity contribution >= 4 is 5.84 Å². The Balaban J connectivity index is 2.22. The summed E-state index contributed by atoms with van der Waals surface area (Å²) < 4.78 is 5.67. The first kappa shape index (κ1) is 14.5. The van der Waals surface area contributed by atoms with Crippen molar-refractivity contribution in [1.29, 1.82) is 5.41 Å². The minimum Gasteiger partial charge on any atom is -0.494 e. The van der Waals surface area contributed by atoms with Crippen LogP contribution in [-0.4, -0.2) is 25.5 Å². The van der Waals surface area contributed by atoms with Gasteiger partial charge in [0.1, 0.15) is 11.6 Å². The molecule has 0 aliphatic heterocycles. The van der Waals surface area contributed by atoms with Gasteiger partial charge in [0.05, 0.1) is 6.61 Å². The lowest BCUT2D eigenvalue weighted by atomic mass is 10.2. The van der Waals surface area contributed by atoms with Gasteiger partial charge in [-0.1, -0.05) is 13.0 Å². The Hall–Kier alpha value is -1.55. The summed E-state index contributed by atoms with van der Waals surface area (Å²) in [5.41, 5.74) is 6.20. The molecule has 1 aliphatic carbocycles. The first-order valence-corrected chi connectivity index (χ1v) is 6.50. The van der Waals surface area contributed by atoms with E-state index in [4.69, 9.17) is 15.9 Å². The second-order valence-electron chi connectivity index (χ2n) is 4.16. The van der Waals surface area contributed by atoms with Gasteiger partial charge in [-0.3, -0.25) is 5.41 Å². The number of hydrogen-bond donors (Lipinski definition) is 3. The molecule has 0 amide bonds.